The fourth-order valence-corrected chi connectivity index (χ4v) is 1.96. The zero-order valence-corrected chi connectivity index (χ0v) is 22.2. The molecule has 25 heteroatoms. The number of nitrogens with one attached hydrogen (secondary N) is 4. The topological polar surface area (TPSA) is 380 Å². The highest BCUT2D eigenvalue weighted by molar-refractivity contribution is 6.32. The predicted octanol–water partition coefficient (Wildman–Crippen LogP) is -2.71. The Bertz CT molecular complexity index is 1140. The fourth-order valence-electron chi connectivity index (χ4n) is 1.71. The van der Waals surface area contributed by atoms with Crippen LogP contribution in [0, 0.1) is 0 Å². The number of hydrazine groups is 2. The molecule has 0 aliphatic rings. The van der Waals surface area contributed by atoms with Gasteiger partial charge in [-0.3, -0.25) is 31.3 Å². The molecule has 2 aromatic heterocycles. The van der Waals surface area contributed by atoms with Gasteiger partial charge in [-0.15, -0.1) is 24.8 Å². The van der Waals surface area contributed by atoms with Gasteiger partial charge in [0.15, 0.2) is 45.0 Å². The zero-order valence-electron chi connectivity index (χ0n) is 19.0. The van der Waals surface area contributed by atoms with Crippen molar-refractivity contribution in [1.29, 1.82) is 0 Å². The van der Waals surface area contributed by atoms with Gasteiger partial charge in [-0.2, -0.15) is 9.98 Å². The Labute approximate surface area is 240 Å². The van der Waals surface area contributed by atoms with E-state index in [2.05, 4.69) is 40.8 Å². The highest BCUT2D eigenvalue weighted by Crippen LogP contribution is 2.18. The first-order chi connectivity index (χ1) is 16.8. The number of hydrogen-bond acceptors (Lipinski definition) is 12. The van der Waals surface area contributed by atoms with Crippen molar-refractivity contribution in [2.75, 3.05) is 22.9 Å². The van der Waals surface area contributed by atoms with Crippen LogP contribution >= 0.6 is 48.0 Å². The van der Waals surface area contributed by atoms with Gasteiger partial charge in [0.2, 0.25) is 0 Å². The second-order valence-electron chi connectivity index (χ2n) is 5.66. The lowest BCUT2D eigenvalue weighted by Crippen LogP contribution is -2.40. The number of nitrogens with two attached hydrogens (primary N) is 6. The third kappa shape index (κ3) is 13.4. The molecule has 21 nitrogen and oxygen atoms in total. The number of rotatable bonds is 6. The van der Waals surface area contributed by atoms with Gasteiger partial charge in [-0.1, -0.05) is 23.2 Å². The van der Waals surface area contributed by atoms with Crippen molar-refractivity contribution in [3.63, 3.8) is 0 Å². The van der Waals surface area contributed by atoms with Crippen LogP contribution < -0.4 is 56.1 Å². The maximum atomic E-state index is 11.5. The normalized spacial score (nSPS) is 9.49. The van der Waals surface area contributed by atoms with E-state index in [1.807, 2.05) is 10.9 Å². The minimum Gasteiger partial charge on any atom is -0.412 e. The zero-order chi connectivity index (χ0) is 27.4. The number of hydrogen-bond donors (Lipinski definition) is 10. The van der Waals surface area contributed by atoms with Crippen molar-refractivity contribution >= 4 is 108 Å². The smallest absolute Gasteiger partial charge is 0.330 e. The standard InChI is InChI=1S/2C7H9ClN8O2.2ClH.H2O/c2*8-3-5(10)15-4(9)2(14-3)6(17)12-1-13-16-7(11)18;;;/h2*1H,(H4,9,10,15)(H3,11,16,18)(H,12,13,17);2*1H;1H2. The van der Waals surface area contributed by atoms with Crippen LogP contribution in [0.25, 0.3) is 0 Å². The average molecular weight is 636 g/mol. The fraction of sp³-hybridized carbons (Fsp3) is 0. The van der Waals surface area contributed by atoms with E-state index in [-0.39, 0.29) is 75.3 Å². The van der Waals surface area contributed by atoms with Gasteiger partial charge in [0.25, 0.3) is 0 Å². The Balaban J connectivity index is -0.000000617. The lowest BCUT2D eigenvalue weighted by atomic mass is 10.4. The summed E-state index contributed by atoms with van der Waals surface area (Å²) in [6.45, 7) is 0. The average Bonchev–Trinajstić information content (AvgIpc) is 2.79. The number of carbonyl (C=O) groups excluding carboxylic acids is 4. The van der Waals surface area contributed by atoms with Crippen molar-refractivity contribution in [1.82, 2.24) is 41.6 Å². The molecule has 0 radical (unpaired) electrons. The third-order valence-corrected chi connectivity index (χ3v) is 3.65. The number of nitrogens with zero attached hydrogens (tertiary/aromatic N) is 6. The summed E-state index contributed by atoms with van der Waals surface area (Å²) in [5.41, 5.74) is 38.7. The van der Waals surface area contributed by atoms with E-state index >= 15 is 0 Å². The van der Waals surface area contributed by atoms with Gasteiger partial charge in [0.05, 0.1) is 0 Å². The quantitative estimate of drug-likeness (QED) is 0.0876. The summed E-state index contributed by atoms with van der Waals surface area (Å²) >= 11 is 11.2. The number of primary amides is 2. The van der Waals surface area contributed by atoms with Crippen LogP contribution in [-0.2, 0) is 0 Å². The van der Waals surface area contributed by atoms with Gasteiger partial charge >= 0.3 is 23.9 Å². The van der Waals surface area contributed by atoms with Crippen molar-refractivity contribution in [2.45, 2.75) is 0 Å². The second-order valence-corrected chi connectivity index (χ2v) is 6.38. The number of anilines is 4. The summed E-state index contributed by atoms with van der Waals surface area (Å²) in [6, 6.07) is -1.69. The monoisotopic (exact) mass is 634 g/mol. The Morgan fingerprint density at radius 1 is 0.641 bits per heavy atom. The third-order valence-electron chi connectivity index (χ3n) is 3.10. The molecule has 0 aliphatic carbocycles. The number of aliphatic imine (C=N–C) groups is 2. The van der Waals surface area contributed by atoms with Crippen molar-refractivity contribution in [2.24, 2.45) is 21.5 Å². The molecule has 6 amide bonds. The van der Waals surface area contributed by atoms with E-state index < -0.39 is 23.9 Å². The molecule has 0 saturated heterocycles. The van der Waals surface area contributed by atoms with Gasteiger partial charge in [-0.25, -0.2) is 29.5 Å². The molecule has 0 bridgehead atoms. The highest BCUT2D eigenvalue weighted by Gasteiger charge is 2.15. The van der Waals surface area contributed by atoms with Crippen molar-refractivity contribution in [3.8, 4) is 0 Å². The summed E-state index contributed by atoms with van der Waals surface area (Å²) in [6.07, 6.45) is 1.77. The van der Waals surface area contributed by atoms with Gasteiger partial charge < -0.3 is 39.9 Å². The molecule has 0 atom stereocenters. The van der Waals surface area contributed by atoms with E-state index in [0.717, 1.165) is 12.7 Å². The van der Waals surface area contributed by atoms with E-state index in [9.17, 15) is 19.2 Å². The molecule has 2 aromatic rings. The SMILES string of the molecule is Cl.Cl.NC(=O)NNC=NC(=O)c1nc(Cl)c(N)nc1N.NC(=O)NNC=NC(=O)c1nc(Cl)c(N)nc1N.O. The first-order valence-corrected chi connectivity index (χ1v) is 9.51. The molecule has 2 rings (SSSR count). The first kappa shape index (κ1) is 38.8. The summed E-state index contributed by atoms with van der Waals surface area (Å²) in [4.78, 5) is 64.8. The summed E-state index contributed by atoms with van der Waals surface area (Å²) in [5.74, 6) is -2.24. The Morgan fingerprint density at radius 3 is 1.23 bits per heavy atom. The van der Waals surface area contributed by atoms with Crippen LogP contribution in [0.3, 0.4) is 0 Å². The van der Waals surface area contributed by atoms with Gasteiger partial charge in [0, 0.05) is 0 Å². The maximum Gasteiger partial charge on any atom is 0.330 e. The molecule has 0 aliphatic heterocycles. The largest absolute Gasteiger partial charge is 0.412 e. The van der Waals surface area contributed by atoms with Crippen LogP contribution in [0.2, 0.25) is 10.3 Å². The minimum atomic E-state index is -0.844. The van der Waals surface area contributed by atoms with Crippen LogP contribution in [0.1, 0.15) is 21.0 Å². The molecular formula is C14H22Cl4N16O5. The molecule has 0 unspecified atom stereocenters. The Morgan fingerprint density at radius 2 is 0.949 bits per heavy atom. The minimum absolute atomic E-state index is 0. The van der Waals surface area contributed by atoms with Crippen LogP contribution in [0.5, 0.6) is 0 Å². The number of urea groups is 2. The Kier molecular flexibility index (Phi) is 18.4. The number of halogens is 4. The molecule has 0 aromatic carbocycles. The molecule has 2 heterocycles. The van der Waals surface area contributed by atoms with Crippen LogP contribution in [0.4, 0.5) is 32.9 Å². The summed E-state index contributed by atoms with van der Waals surface area (Å²) in [5, 5.41) is -0.322. The summed E-state index contributed by atoms with van der Waals surface area (Å²) < 4.78 is 0. The number of amides is 6. The summed E-state index contributed by atoms with van der Waals surface area (Å²) in [7, 11) is 0. The highest BCUT2D eigenvalue weighted by atomic mass is 35.5. The molecule has 216 valence electrons. The molecule has 0 spiro atoms. The van der Waals surface area contributed by atoms with Crippen LogP contribution in [0.15, 0.2) is 9.98 Å². The van der Waals surface area contributed by atoms with Crippen molar-refractivity contribution < 1.29 is 24.7 Å². The van der Waals surface area contributed by atoms with Crippen LogP contribution in [-0.4, -0.2) is 62.0 Å². The van der Waals surface area contributed by atoms with E-state index in [1.165, 1.54) is 0 Å². The first-order valence-electron chi connectivity index (χ1n) is 8.76. The number of carbonyl (C=O) groups is 4. The van der Waals surface area contributed by atoms with Gasteiger partial charge in [-0.05, 0) is 0 Å². The number of aromatic nitrogens is 4. The Hall–Kier alpha value is -4.70. The molecular weight excluding hydrogens is 614 g/mol. The predicted molar refractivity (Wildman–Crippen MR) is 147 cm³/mol. The van der Waals surface area contributed by atoms with Gasteiger partial charge in [0.1, 0.15) is 12.7 Å². The van der Waals surface area contributed by atoms with E-state index in [4.69, 9.17) is 57.6 Å². The van der Waals surface area contributed by atoms with E-state index in [0.29, 0.717) is 0 Å². The molecule has 39 heavy (non-hydrogen) atoms. The van der Waals surface area contributed by atoms with E-state index in [1.54, 1.807) is 0 Å². The maximum absolute atomic E-state index is 11.5. The molecule has 18 N–H and O–H groups in total. The lowest BCUT2D eigenvalue weighted by Gasteiger charge is -2.02. The number of nitrogen functional groups attached to an aromatic ring is 4. The molecule has 0 fully saturated rings. The molecule has 0 saturated carbocycles. The van der Waals surface area contributed by atoms with Crippen molar-refractivity contribution in [3.05, 3.63) is 21.7 Å². The lowest BCUT2D eigenvalue weighted by molar-refractivity contribution is 0.0990. The second kappa shape index (κ2) is 18.5.